The molecule has 0 bridgehead atoms. The third-order valence-electron chi connectivity index (χ3n) is 4.55. The monoisotopic (exact) mass is 313 g/mol. The number of hydrogen-bond acceptors (Lipinski definition) is 2. The smallest absolute Gasteiger partial charge is 0.231 e. The molecular formula is C17H16FN3O2. The van der Waals surface area contributed by atoms with Crippen LogP contribution in [-0.4, -0.2) is 27.8 Å². The van der Waals surface area contributed by atoms with Crippen LogP contribution in [0.2, 0.25) is 0 Å². The molecule has 5 nitrogen and oxygen atoms in total. The summed E-state index contributed by atoms with van der Waals surface area (Å²) in [5.74, 6) is -1.33. The Balaban J connectivity index is 1.64. The van der Waals surface area contributed by atoms with E-state index in [1.54, 1.807) is 4.90 Å². The third-order valence-corrected chi connectivity index (χ3v) is 4.55. The van der Waals surface area contributed by atoms with Crippen LogP contribution in [0.25, 0.3) is 0 Å². The summed E-state index contributed by atoms with van der Waals surface area (Å²) < 4.78 is 15.7. The molecule has 6 heteroatoms. The summed E-state index contributed by atoms with van der Waals surface area (Å²) in [6, 6.07) is 8.11. The molecule has 2 aromatic rings. The second kappa shape index (κ2) is 5.22. The highest BCUT2D eigenvalue weighted by atomic mass is 19.1. The van der Waals surface area contributed by atoms with Gasteiger partial charge >= 0.3 is 0 Å². The molecule has 0 fully saturated rings. The van der Waals surface area contributed by atoms with Crippen LogP contribution in [0.5, 0.6) is 0 Å². The van der Waals surface area contributed by atoms with Gasteiger partial charge in [-0.3, -0.25) is 9.59 Å². The minimum absolute atomic E-state index is 0.0623. The molecule has 2 aliphatic rings. The van der Waals surface area contributed by atoms with Crippen LogP contribution >= 0.6 is 0 Å². The summed E-state index contributed by atoms with van der Waals surface area (Å²) in [6.07, 6.45) is 2.06. The van der Waals surface area contributed by atoms with Gasteiger partial charge in [0.05, 0.1) is 12.5 Å². The molecule has 0 saturated carbocycles. The molecule has 1 aromatic heterocycles. The SMILES string of the molecule is O=C1CC(C(=O)N2CCn3cccc3C2)c2cc(F)ccc2N1. The van der Waals surface area contributed by atoms with E-state index in [0.29, 0.717) is 24.3 Å². The van der Waals surface area contributed by atoms with Gasteiger partial charge in [-0.15, -0.1) is 0 Å². The molecular weight excluding hydrogens is 297 g/mol. The zero-order chi connectivity index (χ0) is 16.0. The number of carbonyl (C=O) groups is 2. The van der Waals surface area contributed by atoms with Crippen molar-refractivity contribution in [3.05, 3.63) is 53.6 Å². The van der Waals surface area contributed by atoms with Crippen molar-refractivity contribution in [2.24, 2.45) is 0 Å². The van der Waals surface area contributed by atoms with E-state index >= 15 is 0 Å². The van der Waals surface area contributed by atoms with Gasteiger partial charge in [-0.2, -0.15) is 0 Å². The molecule has 0 spiro atoms. The number of halogens is 1. The highest BCUT2D eigenvalue weighted by Gasteiger charge is 2.34. The molecule has 0 aliphatic carbocycles. The Hall–Kier alpha value is -2.63. The van der Waals surface area contributed by atoms with Crippen LogP contribution in [-0.2, 0) is 22.7 Å². The first kappa shape index (κ1) is 14.0. The Labute approximate surface area is 132 Å². The Kier molecular flexibility index (Phi) is 3.18. The van der Waals surface area contributed by atoms with E-state index in [9.17, 15) is 14.0 Å². The predicted octanol–water partition coefficient (Wildman–Crippen LogP) is 2.10. The number of nitrogens with one attached hydrogen (secondary N) is 1. The molecule has 4 rings (SSSR count). The summed E-state index contributed by atoms with van der Waals surface area (Å²) in [5.41, 5.74) is 2.17. The first-order valence-corrected chi connectivity index (χ1v) is 7.64. The first-order valence-electron chi connectivity index (χ1n) is 7.64. The minimum Gasteiger partial charge on any atom is -0.348 e. The van der Waals surface area contributed by atoms with E-state index < -0.39 is 11.7 Å². The number of benzene rings is 1. The number of nitrogens with zero attached hydrogens (tertiary/aromatic N) is 2. The Morgan fingerprint density at radius 2 is 2.13 bits per heavy atom. The Morgan fingerprint density at radius 1 is 1.26 bits per heavy atom. The average Bonchev–Trinajstić information content (AvgIpc) is 3.01. The summed E-state index contributed by atoms with van der Waals surface area (Å²) in [5, 5.41) is 2.71. The summed E-state index contributed by atoms with van der Waals surface area (Å²) in [7, 11) is 0. The topological polar surface area (TPSA) is 54.3 Å². The Bertz CT molecular complexity index is 799. The van der Waals surface area contributed by atoms with Gasteiger partial charge in [0.15, 0.2) is 0 Å². The molecule has 0 radical (unpaired) electrons. The second-order valence-corrected chi connectivity index (χ2v) is 5.99. The maximum Gasteiger partial charge on any atom is 0.231 e. The average molecular weight is 313 g/mol. The number of rotatable bonds is 1. The predicted molar refractivity (Wildman–Crippen MR) is 82.2 cm³/mol. The fraction of sp³-hybridized carbons (Fsp3) is 0.294. The van der Waals surface area contributed by atoms with Gasteiger partial charge < -0.3 is 14.8 Å². The van der Waals surface area contributed by atoms with Gasteiger partial charge in [-0.1, -0.05) is 0 Å². The molecule has 0 saturated heterocycles. The first-order chi connectivity index (χ1) is 11.1. The van der Waals surface area contributed by atoms with Crippen LogP contribution < -0.4 is 5.32 Å². The maximum atomic E-state index is 13.6. The lowest BCUT2D eigenvalue weighted by molar-refractivity contribution is -0.136. The fourth-order valence-electron chi connectivity index (χ4n) is 3.38. The molecule has 1 aromatic carbocycles. The van der Waals surface area contributed by atoms with Crippen molar-refractivity contribution in [2.75, 3.05) is 11.9 Å². The fourth-order valence-corrected chi connectivity index (χ4v) is 3.38. The van der Waals surface area contributed by atoms with Crippen LogP contribution in [0, 0.1) is 5.82 Å². The molecule has 118 valence electrons. The molecule has 1 unspecified atom stereocenters. The molecule has 3 heterocycles. The van der Waals surface area contributed by atoms with Crippen molar-refractivity contribution in [1.29, 1.82) is 0 Å². The van der Waals surface area contributed by atoms with Gasteiger partial charge in [-0.25, -0.2) is 4.39 Å². The van der Waals surface area contributed by atoms with E-state index in [4.69, 9.17) is 0 Å². The lowest BCUT2D eigenvalue weighted by Crippen LogP contribution is -2.42. The molecule has 1 N–H and O–H groups in total. The normalized spacial score (nSPS) is 19.8. The van der Waals surface area contributed by atoms with Crippen molar-refractivity contribution >= 4 is 17.5 Å². The number of amides is 2. The van der Waals surface area contributed by atoms with Crippen molar-refractivity contribution in [2.45, 2.75) is 25.4 Å². The van der Waals surface area contributed by atoms with E-state index in [1.165, 1.54) is 18.2 Å². The largest absolute Gasteiger partial charge is 0.348 e. The van der Waals surface area contributed by atoms with Crippen LogP contribution in [0.1, 0.15) is 23.6 Å². The number of hydrogen-bond donors (Lipinski definition) is 1. The van der Waals surface area contributed by atoms with E-state index in [0.717, 1.165) is 12.2 Å². The number of fused-ring (bicyclic) bond motifs is 2. The third kappa shape index (κ3) is 2.40. The Morgan fingerprint density at radius 3 is 3.00 bits per heavy atom. The van der Waals surface area contributed by atoms with E-state index in [2.05, 4.69) is 9.88 Å². The van der Waals surface area contributed by atoms with Crippen LogP contribution in [0.15, 0.2) is 36.5 Å². The molecule has 23 heavy (non-hydrogen) atoms. The summed E-state index contributed by atoms with van der Waals surface area (Å²) >= 11 is 0. The quantitative estimate of drug-likeness (QED) is 0.876. The van der Waals surface area contributed by atoms with Gasteiger partial charge in [-0.05, 0) is 35.9 Å². The zero-order valence-electron chi connectivity index (χ0n) is 12.5. The lowest BCUT2D eigenvalue weighted by Gasteiger charge is -2.33. The van der Waals surface area contributed by atoms with Crippen molar-refractivity contribution in [3.8, 4) is 0 Å². The zero-order valence-corrected chi connectivity index (χ0v) is 12.5. The minimum atomic E-state index is -0.615. The van der Waals surface area contributed by atoms with Crippen molar-refractivity contribution < 1.29 is 14.0 Å². The van der Waals surface area contributed by atoms with Gasteiger partial charge in [0.1, 0.15) is 5.82 Å². The highest BCUT2D eigenvalue weighted by molar-refractivity contribution is 6.01. The molecule has 1 atom stereocenters. The van der Waals surface area contributed by atoms with E-state index in [-0.39, 0.29) is 18.2 Å². The van der Waals surface area contributed by atoms with Gasteiger partial charge in [0.25, 0.3) is 0 Å². The van der Waals surface area contributed by atoms with E-state index in [1.807, 2.05) is 18.3 Å². The second-order valence-electron chi connectivity index (χ2n) is 5.99. The number of aromatic nitrogens is 1. The van der Waals surface area contributed by atoms with Crippen LogP contribution in [0.3, 0.4) is 0 Å². The summed E-state index contributed by atoms with van der Waals surface area (Å²) in [4.78, 5) is 26.6. The number of anilines is 1. The standard InChI is InChI=1S/C17H16FN3O2/c18-11-3-4-15-13(8-11)14(9-16(22)19-15)17(23)21-7-6-20-5-1-2-12(20)10-21/h1-5,8,14H,6-7,9-10H2,(H,19,22). The maximum absolute atomic E-state index is 13.6. The molecule has 2 amide bonds. The van der Waals surface area contributed by atoms with Gasteiger partial charge in [0, 0.05) is 37.1 Å². The van der Waals surface area contributed by atoms with Crippen LogP contribution in [0.4, 0.5) is 10.1 Å². The van der Waals surface area contributed by atoms with Crippen molar-refractivity contribution in [3.63, 3.8) is 0 Å². The lowest BCUT2D eigenvalue weighted by atomic mass is 9.89. The number of carbonyl (C=O) groups excluding carboxylic acids is 2. The highest BCUT2D eigenvalue weighted by Crippen LogP contribution is 2.34. The van der Waals surface area contributed by atoms with Gasteiger partial charge in [0.2, 0.25) is 11.8 Å². The van der Waals surface area contributed by atoms with Crippen molar-refractivity contribution in [1.82, 2.24) is 9.47 Å². The summed E-state index contributed by atoms with van der Waals surface area (Å²) in [6.45, 7) is 1.86. The molecule has 2 aliphatic heterocycles.